The minimum absolute atomic E-state index is 0.0940. The number of fused-ring (bicyclic) bond motifs is 1. The van der Waals surface area contributed by atoms with Crippen LogP contribution in [-0.4, -0.2) is 32.2 Å². The highest BCUT2D eigenvalue weighted by molar-refractivity contribution is 7.89. The summed E-state index contributed by atoms with van der Waals surface area (Å²) in [4.78, 5) is 13.4. The molecule has 27 heavy (non-hydrogen) atoms. The quantitative estimate of drug-likeness (QED) is 0.825. The Balaban J connectivity index is 1.73. The molecule has 2 aromatic rings. The monoisotopic (exact) mass is 407 g/mol. The summed E-state index contributed by atoms with van der Waals surface area (Å²) in [6.45, 7) is -0.410. The summed E-state index contributed by atoms with van der Waals surface area (Å²) >= 11 is 1.38. The number of likely N-dealkylation sites (N-methyl/N-ethyl adjacent to an activating group) is 1. The number of nitrogens with zero attached hydrogens (tertiary/aromatic N) is 2. The summed E-state index contributed by atoms with van der Waals surface area (Å²) < 4.78 is 38.9. The topological polar surface area (TPSA) is 90.3 Å². The van der Waals surface area contributed by atoms with Gasteiger partial charge in [0.05, 0.1) is 17.0 Å². The highest BCUT2D eigenvalue weighted by atomic mass is 32.2. The van der Waals surface area contributed by atoms with Gasteiger partial charge in [0, 0.05) is 11.9 Å². The first-order chi connectivity index (χ1) is 12.8. The Hall–Kier alpha value is -2.28. The van der Waals surface area contributed by atoms with E-state index in [1.54, 1.807) is 0 Å². The SMILES string of the molecule is CN(CC(=O)Nc1sc2c(c1C#N)CCCC2)S(=O)(=O)c1ccc(F)cc1. The fourth-order valence-electron chi connectivity index (χ4n) is 3.01. The van der Waals surface area contributed by atoms with Gasteiger partial charge in [0.2, 0.25) is 15.9 Å². The normalized spacial score (nSPS) is 13.9. The molecule has 0 saturated heterocycles. The number of hydrogen-bond acceptors (Lipinski definition) is 5. The molecule has 142 valence electrons. The molecule has 0 saturated carbocycles. The number of benzene rings is 1. The van der Waals surface area contributed by atoms with Gasteiger partial charge in [-0.3, -0.25) is 4.79 Å². The lowest BCUT2D eigenvalue weighted by molar-refractivity contribution is -0.116. The minimum Gasteiger partial charge on any atom is -0.315 e. The number of anilines is 1. The maximum Gasteiger partial charge on any atom is 0.243 e. The van der Waals surface area contributed by atoms with E-state index in [1.165, 1.54) is 18.4 Å². The third-order valence-electron chi connectivity index (χ3n) is 4.42. The largest absolute Gasteiger partial charge is 0.315 e. The van der Waals surface area contributed by atoms with Gasteiger partial charge in [0.1, 0.15) is 16.9 Å². The Bertz CT molecular complexity index is 1010. The van der Waals surface area contributed by atoms with Crippen LogP contribution in [0.5, 0.6) is 0 Å². The van der Waals surface area contributed by atoms with Gasteiger partial charge in [-0.1, -0.05) is 0 Å². The molecule has 6 nitrogen and oxygen atoms in total. The second-order valence-electron chi connectivity index (χ2n) is 6.29. The van der Waals surface area contributed by atoms with Crippen LogP contribution in [0, 0.1) is 17.1 Å². The lowest BCUT2D eigenvalue weighted by Crippen LogP contribution is -2.34. The molecule has 0 radical (unpaired) electrons. The molecule has 0 aliphatic heterocycles. The van der Waals surface area contributed by atoms with E-state index in [2.05, 4.69) is 11.4 Å². The minimum atomic E-state index is -3.92. The van der Waals surface area contributed by atoms with Crippen LogP contribution in [-0.2, 0) is 27.7 Å². The standard InChI is InChI=1S/C18H18FN3O3S2/c1-22(27(24,25)13-8-6-12(19)7-9-13)11-17(23)21-18-15(10-20)14-4-2-3-5-16(14)26-18/h6-9H,2-5,11H2,1H3,(H,21,23). The molecule has 1 aliphatic carbocycles. The molecule has 0 fully saturated rings. The number of hydrogen-bond donors (Lipinski definition) is 1. The van der Waals surface area contributed by atoms with E-state index in [0.29, 0.717) is 10.6 Å². The van der Waals surface area contributed by atoms with Crippen molar-refractivity contribution in [1.29, 1.82) is 5.26 Å². The van der Waals surface area contributed by atoms with Crippen LogP contribution in [0.1, 0.15) is 28.8 Å². The molecular weight excluding hydrogens is 389 g/mol. The smallest absolute Gasteiger partial charge is 0.243 e. The zero-order valence-electron chi connectivity index (χ0n) is 14.7. The van der Waals surface area contributed by atoms with Gasteiger partial charge in [0.25, 0.3) is 0 Å². The van der Waals surface area contributed by atoms with E-state index in [-0.39, 0.29) is 4.90 Å². The molecule has 0 unspecified atom stereocenters. The fourth-order valence-corrected chi connectivity index (χ4v) is 5.40. The van der Waals surface area contributed by atoms with Crippen molar-refractivity contribution in [1.82, 2.24) is 4.31 Å². The van der Waals surface area contributed by atoms with Crippen LogP contribution in [0.25, 0.3) is 0 Å². The second kappa shape index (κ2) is 7.76. The average Bonchev–Trinajstić information content (AvgIpc) is 2.98. The Kier molecular flexibility index (Phi) is 5.60. The molecule has 0 spiro atoms. The van der Waals surface area contributed by atoms with Crippen LogP contribution in [0.4, 0.5) is 9.39 Å². The van der Waals surface area contributed by atoms with Crippen LogP contribution in [0.2, 0.25) is 0 Å². The summed E-state index contributed by atoms with van der Waals surface area (Å²) in [6.07, 6.45) is 3.79. The summed E-state index contributed by atoms with van der Waals surface area (Å²) in [7, 11) is -2.64. The number of thiophene rings is 1. The molecule has 0 atom stereocenters. The first-order valence-corrected chi connectivity index (χ1v) is 10.6. The van der Waals surface area contributed by atoms with Crippen molar-refractivity contribution in [2.75, 3.05) is 18.9 Å². The van der Waals surface area contributed by atoms with Gasteiger partial charge in [0.15, 0.2) is 0 Å². The number of sulfonamides is 1. The number of aryl methyl sites for hydroxylation is 1. The van der Waals surface area contributed by atoms with Crippen molar-refractivity contribution >= 4 is 32.3 Å². The molecular formula is C18H18FN3O3S2. The van der Waals surface area contributed by atoms with Crippen LogP contribution in [0.3, 0.4) is 0 Å². The van der Waals surface area contributed by atoms with Gasteiger partial charge >= 0.3 is 0 Å². The maximum atomic E-state index is 13.0. The highest BCUT2D eigenvalue weighted by Gasteiger charge is 2.25. The van der Waals surface area contributed by atoms with Crippen LogP contribution in [0.15, 0.2) is 29.2 Å². The van der Waals surface area contributed by atoms with Gasteiger partial charge in [-0.2, -0.15) is 9.57 Å². The Morgan fingerprint density at radius 1 is 1.30 bits per heavy atom. The summed E-state index contributed by atoms with van der Waals surface area (Å²) in [5, 5.41) is 12.6. The molecule has 1 heterocycles. The number of carbonyl (C=O) groups is 1. The van der Waals surface area contributed by atoms with Gasteiger partial charge in [-0.25, -0.2) is 12.8 Å². The van der Waals surface area contributed by atoms with E-state index in [9.17, 15) is 22.9 Å². The van der Waals surface area contributed by atoms with Crippen LogP contribution >= 0.6 is 11.3 Å². The molecule has 1 amide bonds. The molecule has 1 aromatic carbocycles. The third-order valence-corrected chi connectivity index (χ3v) is 7.45. The lowest BCUT2D eigenvalue weighted by Gasteiger charge is -2.16. The van der Waals surface area contributed by atoms with E-state index >= 15 is 0 Å². The zero-order valence-corrected chi connectivity index (χ0v) is 16.3. The lowest BCUT2D eigenvalue weighted by atomic mass is 9.96. The number of carbonyl (C=O) groups excluding carboxylic acids is 1. The Labute approximate surface area is 161 Å². The number of halogens is 1. The van der Waals surface area contributed by atoms with Crippen molar-refractivity contribution < 1.29 is 17.6 Å². The summed E-state index contributed by atoms with van der Waals surface area (Å²) in [5.74, 6) is -1.07. The molecule has 1 N–H and O–H groups in total. The number of nitriles is 1. The number of rotatable bonds is 5. The van der Waals surface area contributed by atoms with Gasteiger partial charge in [-0.05, 0) is 55.5 Å². The van der Waals surface area contributed by atoms with E-state index < -0.39 is 28.3 Å². The third kappa shape index (κ3) is 4.03. The van der Waals surface area contributed by atoms with Crippen molar-refractivity contribution in [3.05, 3.63) is 46.1 Å². The molecule has 1 aromatic heterocycles. The fraction of sp³-hybridized carbons (Fsp3) is 0.333. The van der Waals surface area contributed by atoms with Gasteiger partial charge in [-0.15, -0.1) is 11.3 Å². The van der Waals surface area contributed by atoms with E-state index in [1.807, 2.05) is 0 Å². The summed E-state index contributed by atoms with van der Waals surface area (Å²) in [5.41, 5.74) is 1.48. The number of amides is 1. The summed E-state index contributed by atoms with van der Waals surface area (Å²) in [6, 6.07) is 6.56. The predicted molar refractivity (Wildman–Crippen MR) is 101 cm³/mol. The second-order valence-corrected chi connectivity index (χ2v) is 9.44. The molecule has 1 aliphatic rings. The molecule has 0 bridgehead atoms. The first kappa shape index (κ1) is 19.5. The maximum absolute atomic E-state index is 13.0. The van der Waals surface area contributed by atoms with Crippen molar-refractivity contribution in [2.45, 2.75) is 30.6 Å². The number of nitrogens with one attached hydrogen (secondary N) is 1. The van der Waals surface area contributed by atoms with E-state index in [0.717, 1.165) is 64.7 Å². The Morgan fingerprint density at radius 3 is 2.63 bits per heavy atom. The van der Waals surface area contributed by atoms with Crippen LogP contribution < -0.4 is 5.32 Å². The van der Waals surface area contributed by atoms with Crippen molar-refractivity contribution in [3.63, 3.8) is 0 Å². The van der Waals surface area contributed by atoms with Crippen molar-refractivity contribution in [2.24, 2.45) is 0 Å². The van der Waals surface area contributed by atoms with Crippen molar-refractivity contribution in [3.8, 4) is 6.07 Å². The molecule has 9 heteroatoms. The average molecular weight is 407 g/mol. The van der Waals surface area contributed by atoms with E-state index in [4.69, 9.17) is 0 Å². The zero-order chi connectivity index (χ0) is 19.6. The first-order valence-electron chi connectivity index (χ1n) is 8.39. The van der Waals surface area contributed by atoms with Gasteiger partial charge < -0.3 is 5.32 Å². The molecule has 3 rings (SSSR count). The highest BCUT2D eigenvalue weighted by Crippen LogP contribution is 2.37. The predicted octanol–water partition coefficient (Wildman–Crippen LogP) is 2.90. The Morgan fingerprint density at radius 2 is 1.96 bits per heavy atom.